The SMILES string of the molecule is COc1ccc(C2CC(C(F)(F)F)n3nc(-c4ccc(C(=O)N[C@@H]5CCN(C(=O)OC(C)(C)C)C5)nc4)cc3N2)cc1OC. The van der Waals surface area contributed by atoms with E-state index >= 15 is 0 Å². The number of fused-ring (bicyclic) bond motifs is 1. The van der Waals surface area contributed by atoms with Crippen molar-refractivity contribution in [3.63, 3.8) is 0 Å². The summed E-state index contributed by atoms with van der Waals surface area (Å²) in [7, 11) is 2.95. The van der Waals surface area contributed by atoms with Crippen molar-refractivity contribution in [3.8, 4) is 22.8 Å². The molecule has 3 aromatic rings. The number of alkyl halides is 3. The van der Waals surface area contributed by atoms with Crippen molar-refractivity contribution in [3.05, 3.63) is 53.9 Å². The molecule has 2 unspecified atom stereocenters. The fourth-order valence-corrected chi connectivity index (χ4v) is 5.31. The first-order valence-corrected chi connectivity index (χ1v) is 14.2. The van der Waals surface area contributed by atoms with Gasteiger partial charge in [0.25, 0.3) is 5.91 Å². The molecule has 0 saturated carbocycles. The van der Waals surface area contributed by atoms with Gasteiger partial charge in [-0.15, -0.1) is 0 Å². The molecular formula is C30H35F3N6O5. The van der Waals surface area contributed by atoms with E-state index in [0.29, 0.717) is 42.1 Å². The average molecular weight is 617 g/mol. The van der Waals surface area contributed by atoms with E-state index in [1.807, 2.05) is 0 Å². The Morgan fingerprint density at radius 3 is 2.43 bits per heavy atom. The highest BCUT2D eigenvalue weighted by atomic mass is 19.4. The number of carbonyl (C=O) groups is 2. The molecule has 5 rings (SSSR count). The Morgan fingerprint density at radius 1 is 1.05 bits per heavy atom. The van der Waals surface area contributed by atoms with Crippen molar-refractivity contribution in [2.75, 3.05) is 32.6 Å². The van der Waals surface area contributed by atoms with Gasteiger partial charge in [-0.25, -0.2) is 9.48 Å². The predicted octanol–water partition coefficient (Wildman–Crippen LogP) is 5.36. The first-order valence-electron chi connectivity index (χ1n) is 14.2. The predicted molar refractivity (Wildman–Crippen MR) is 155 cm³/mol. The number of benzene rings is 1. The van der Waals surface area contributed by atoms with Gasteiger partial charge >= 0.3 is 12.3 Å². The van der Waals surface area contributed by atoms with E-state index in [9.17, 15) is 22.8 Å². The van der Waals surface area contributed by atoms with Crippen LogP contribution in [0, 0.1) is 0 Å². The number of hydrogen-bond acceptors (Lipinski definition) is 8. The number of anilines is 1. The molecule has 1 aromatic carbocycles. The maximum absolute atomic E-state index is 14.2. The molecule has 236 valence electrons. The number of nitrogens with zero attached hydrogens (tertiary/aromatic N) is 4. The van der Waals surface area contributed by atoms with Crippen LogP contribution in [0.1, 0.15) is 61.7 Å². The van der Waals surface area contributed by atoms with Crippen LogP contribution in [-0.2, 0) is 4.74 Å². The molecule has 11 nitrogen and oxygen atoms in total. The Labute approximate surface area is 252 Å². The van der Waals surface area contributed by atoms with Gasteiger partial charge in [-0.2, -0.15) is 18.3 Å². The lowest BCUT2D eigenvalue weighted by Crippen LogP contribution is -2.40. The van der Waals surface area contributed by atoms with Crippen LogP contribution in [0.2, 0.25) is 0 Å². The van der Waals surface area contributed by atoms with Gasteiger partial charge in [0.15, 0.2) is 17.5 Å². The molecule has 2 amide bonds. The standard InChI is InChI=1S/C30H35F3N6O5/c1-29(2,3)44-28(41)38-11-10-19(16-38)35-27(40)20-8-6-18(15-34-20)22-14-26-36-21(13-25(30(31,32)33)39(26)37-22)17-7-9-23(42-4)24(12-17)43-5/h6-9,12,14-15,19,21,25,36H,10-11,13,16H2,1-5H3,(H,35,40)/t19-,21?,25?/m1/s1. The van der Waals surface area contributed by atoms with E-state index in [1.165, 1.54) is 32.5 Å². The van der Waals surface area contributed by atoms with E-state index < -0.39 is 35.9 Å². The zero-order valence-electron chi connectivity index (χ0n) is 25.1. The van der Waals surface area contributed by atoms with Crippen LogP contribution in [0.25, 0.3) is 11.3 Å². The highest BCUT2D eigenvalue weighted by Gasteiger charge is 2.46. The smallest absolute Gasteiger partial charge is 0.410 e. The maximum Gasteiger partial charge on any atom is 0.410 e. The molecule has 0 bridgehead atoms. The third kappa shape index (κ3) is 6.68. The topological polar surface area (TPSA) is 120 Å². The molecule has 4 heterocycles. The number of pyridine rings is 1. The summed E-state index contributed by atoms with van der Waals surface area (Å²) in [5.41, 5.74) is 0.852. The second-order valence-electron chi connectivity index (χ2n) is 11.8. The van der Waals surface area contributed by atoms with Gasteiger partial charge in [0.2, 0.25) is 0 Å². The summed E-state index contributed by atoms with van der Waals surface area (Å²) in [5, 5.41) is 10.3. The number of halogens is 3. The quantitative estimate of drug-likeness (QED) is 0.380. The van der Waals surface area contributed by atoms with Crippen LogP contribution in [0.15, 0.2) is 42.6 Å². The molecule has 1 fully saturated rings. The van der Waals surface area contributed by atoms with Crippen molar-refractivity contribution in [2.45, 2.75) is 63.5 Å². The van der Waals surface area contributed by atoms with Gasteiger partial charge in [-0.05, 0) is 57.0 Å². The highest BCUT2D eigenvalue weighted by Crippen LogP contribution is 2.45. The number of carbonyl (C=O) groups excluding carboxylic acids is 2. The molecule has 14 heteroatoms. The summed E-state index contributed by atoms with van der Waals surface area (Å²) in [4.78, 5) is 30.9. The van der Waals surface area contributed by atoms with Gasteiger partial charge in [-0.3, -0.25) is 9.78 Å². The second-order valence-corrected chi connectivity index (χ2v) is 11.8. The monoisotopic (exact) mass is 616 g/mol. The van der Waals surface area contributed by atoms with Gasteiger partial charge in [-0.1, -0.05) is 6.07 Å². The molecule has 0 aliphatic carbocycles. The second kappa shape index (κ2) is 11.9. The van der Waals surface area contributed by atoms with Crippen molar-refractivity contribution >= 4 is 17.8 Å². The minimum absolute atomic E-state index is 0.133. The number of hydrogen-bond donors (Lipinski definition) is 2. The molecule has 0 radical (unpaired) electrons. The molecule has 3 atom stereocenters. The number of amides is 2. The molecular weight excluding hydrogens is 581 g/mol. The molecule has 44 heavy (non-hydrogen) atoms. The number of methoxy groups -OCH3 is 2. The largest absolute Gasteiger partial charge is 0.493 e. The number of ether oxygens (including phenoxy) is 3. The number of nitrogens with one attached hydrogen (secondary N) is 2. The Kier molecular flexibility index (Phi) is 8.36. The fraction of sp³-hybridized carbons (Fsp3) is 0.467. The third-order valence-corrected chi connectivity index (χ3v) is 7.47. The van der Waals surface area contributed by atoms with Crippen molar-refractivity contribution < 1.29 is 37.0 Å². The maximum atomic E-state index is 14.2. The summed E-state index contributed by atoms with van der Waals surface area (Å²) in [6, 6.07) is 6.84. The molecule has 2 aromatic heterocycles. The van der Waals surface area contributed by atoms with Crippen LogP contribution in [0.4, 0.5) is 23.8 Å². The molecule has 2 N–H and O–H groups in total. The van der Waals surface area contributed by atoms with Crippen LogP contribution >= 0.6 is 0 Å². The van der Waals surface area contributed by atoms with E-state index in [1.54, 1.807) is 49.9 Å². The van der Waals surface area contributed by atoms with Crippen molar-refractivity contribution in [1.29, 1.82) is 0 Å². The van der Waals surface area contributed by atoms with Crippen molar-refractivity contribution in [2.24, 2.45) is 0 Å². The minimum atomic E-state index is -4.55. The third-order valence-electron chi connectivity index (χ3n) is 7.47. The Morgan fingerprint density at radius 2 is 1.80 bits per heavy atom. The summed E-state index contributed by atoms with van der Waals surface area (Å²) in [5.74, 6) is 0.667. The zero-order chi connectivity index (χ0) is 31.8. The first-order chi connectivity index (χ1) is 20.8. The average Bonchev–Trinajstić information content (AvgIpc) is 3.62. The van der Waals surface area contributed by atoms with Crippen LogP contribution < -0.4 is 20.1 Å². The molecule has 1 saturated heterocycles. The number of rotatable bonds is 6. The van der Waals surface area contributed by atoms with Crippen LogP contribution in [-0.4, -0.2) is 76.8 Å². The van der Waals surface area contributed by atoms with Gasteiger partial charge in [0.1, 0.15) is 17.1 Å². The van der Waals surface area contributed by atoms with E-state index in [2.05, 4.69) is 20.7 Å². The summed E-state index contributed by atoms with van der Waals surface area (Å²) in [6.07, 6.45) is -3.29. The van der Waals surface area contributed by atoms with E-state index in [4.69, 9.17) is 14.2 Å². The Bertz CT molecular complexity index is 1520. The molecule has 2 aliphatic rings. The summed E-state index contributed by atoms with van der Waals surface area (Å²) in [6.45, 7) is 6.14. The fourth-order valence-electron chi connectivity index (χ4n) is 5.31. The Balaban J connectivity index is 1.29. The van der Waals surface area contributed by atoms with E-state index in [-0.39, 0.29) is 29.7 Å². The first kappa shape index (κ1) is 31.0. The number of aromatic nitrogens is 3. The lowest BCUT2D eigenvalue weighted by atomic mass is 9.96. The molecule has 2 aliphatic heterocycles. The van der Waals surface area contributed by atoms with Gasteiger partial charge in [0, 0.05) is 43.4 Å². The highest BCUT2D eigenvalue weighted by molar-refractivity contribution is 5.92. The summed E-state index contributed by atoms with van der Waals surface area (Å²) < 4.78 is 59.6. The lowest BCUT2D eigenvalue weighted by molar-refractivity contribution is -0.173. The van der Waals surface area contributed by atoms with Gasteiger partial charge in [0.05, 0.1) is 26.0 Å². The zero-order valence-corrected chi connectivity index (χ0v) is 25.1. The molecule has 0 spiro atoms. The Hall–Kier alpha value is -4.49. The normalized spacial score (nSPS) is 20.0. The number of likely N-dealkylation sites (tertiary alicyclic amines) is 1. The van der Waals surface area contributed by atoms with Crippen LogP contribution in [0.3, 0.4) is 0 Å². The van der Waals surface area contributed by atoms with Crippen molar-refractivity contribution in [1.82, 2.24) is 25.0 Å². The van der Waals surface area contributed by atoms with Gasteiger partial charge < -0.3 is 29.7 Å². The minimum Gasteiger partial charge on any atom is -0.493 e. The summed E-state index contributed by atoms with van der Waals surface area (Å²) >= 11 is 0. The van der Waals surface area contributed by atoms with E-state index in [0.717, 1.165) is 4.68 Å². The lowest BCUT2D eigenvalue weighted by Gasteiger charge is -2.33. The van der Waals surface area contributed by atoms with Crippen LogP contribution in [0.5, 0.6) is 11.5 Å².